The van der Waals surface area contributed by atoms with Crippen LogP contribution in [0.4, 0.5) is 0 Å². The molecule has 3 aromatic carbocycles. The summed E-state index contributed by atoms with van der Waals surface area (Å²) in [6, 6.07) is 18.5. The third-order valence-electron chi connectivity index (χ3n) is 4.76. The number of benzene rings is 3. The number of hydrogen-bond acceptors (Lipinski definition) is 4. The van der Waals surface area contributed by atoms with Crippen LogP contribution >= 0.6 is 11.6 Å². The number of ether oxygens (including phenoxy) is 3. The average Bonchev–Trinajstić information content (AvgIpc) is 3.06. The first kappa shape index (κ1) is 19.1. The molecule has 0 unspecified atom stereocenters. The summed E-state index contributed by atoms with van der Waals surface area (Å²) in [4.78, 5) is 12.7. The second-order valence-corrected chi connectivity index (χ2v) is 7.13. The van der Waals surface area contributed by atoms with Crippen LogP contribution in [0.2, 0.25) is 5.02 Å². The van der Waals surface area contributed by atoms with Crippen LogP contribution in [0.3, 0.4) is 0 Å². The van der Waals surface area contributed by atoms with Crippen molar-refractivity contribution in [2.24, 2.45) is 0 Å². The molecule has 0 N–H and O–H groups in total. The van der Waals surface area contributed by atoms with Gasteiger partial charge in [0.05, 0.1) is 12.7 Å². The monoisotopic (exact) mass is 406 g/mol. The van der Waals surface area contributed by atoms with Gasteiger partial charge in [-0.3, -0.25) is 4.79 Å². The summed E-state index contributed by atoms with van der Waals surface area (Å²) < 4.78 is 17.0. The lowest BCUT2D eigenvalue weighted by Gasteiger charge is -2.12. The Bertz CT molecular complexity index is 1080. The van der Waals surface area contributed by atoms with E-state index in [9.17, 15) is 4.79 Å². The van der Waals surface area contributed by atoms with E-state index < -0.39 is 0 Å². The number of carbonyl (C=O) groups is 1. The molecular formula is C24H19ClO4. The lowest BCUT2D eigenvalue weighted by atomic mass is 10.1. The summed E-state index contributed by atoms with van der Waals surface area (Å²) >= 11 is 5.92. The van der Waals surface area contributed by atoms with Gasteiger partial charge in [0, 0.05) is 10.6 Å². The first-order chi connectivity index (χ1) is 14.0. The minimum absolute atomic E-state index is 0.139. The average molecular weight is 407 g/mol. The molecular weight excluding hydrogens is 388 g/mol. The Morgan fingerprint density at radius 1 is 1.00 bits per heavy atom. The second kappa shape index (κ2) is 8.02. The zero-order valence-electron chi connectivity index (χ0n) is 16.1. The minimum atomic E-state index is -0.139. The number of methoxy groups -OCH3 is 1. The van der Waals surface area contributed by atoms with E-state index in [1.165, 1.54) is 0 Å². The summed E-state index contributed by atoms with van der Waals surface area (Å²) in [5.74, 6) is 2.18. The summed E-state index contributed by atoms with van der Waals surface area (Å²) in [6.45, 7) is 2.30. The molecule has 1 aliphatic rings. The Hall–Kier alpha value is -3.24. The highest BCUT2D eigenvalue weighted by atomic mass is 35.5. The van der Waals surface area contributed by atoms with E-state index in [2.05, 4.69) is 0 Å². The highest BCUT2D eigenvalue weighted by molar-refractivity contribution is 6.30. The summed E-state index contributed by atoms with van der Waals surface area (Å²) in [5, 5.41) is 0.642. The molecule has 0 aliphatic carbocycles. The number of ketones is 1. The van der Waals surface area contributed by atoms with Crippen molar-refractivity contribution in [1.82, 2.24) is 0 Å². The lowest BCUT2D eigenvalue weighted by Crippen LogP contribution is -1.98. The van der Waals surface area contributed by atoms with Gasteiger partial charge in [-0.15, -0.1) is 0 Å². The maximum Gasteiger partial charge on any atom is 0.231 e. The Morgan fingerprint density at radius 3 is 2.41 bits per heavy atom. The third-order valence-corrected chi connectivity index (χ3v) is 5.01. The fourth-order valence-electron chi connectivity index (χ4n) is 3.12. The molecule has 4 rings (SSSR count). The highest BCUT2D eigenvalue weighted by Gasteiger charge is 2.30. The molecule has 3 aromatic rings. The zero-order valence-corrected chi connectivity index (χ0v) is 16.8. The Balaban J connectivity index is 1.53. The van der Waals surface area contributed by atoms with Crippen molar-refractivity contribution in [3.05, 3.63) is 93.7 Å². The SMILES string of the molecule is COc1ccc(COc2ccc3c(c2C)O/C(=C\c2ccc(Cl)cc2)C3=O)cc1. The van der Waals surface area contributed by atoms with Gasteiger partial charge in [-0.2, -0.15) is 0 Å². The first-order valence-corrected chi connectivity index (χ1v) is 9.52. The van der Waals surface area contributed by atoms with E-state index in [1.807, 2.05) is 49.4 Å². The Morgan fingerprint density at radius 2 is 1.72 bits per heavy atom. The van der Waals surface area contributed by atoms with Crippen LogP contribution < -0.4 is 14.2 Å². The maximum absolute atomic E-state index is 12.7. The Labute approximate surface area is 174 Å². The van der Waals surface area contributed by atoms with E-state index in [-0.39, 0.29) is 11.5 Å². The van der Waals surface area contributed by atoms with Crippen molar-refractivity contribution in [2.45, 2.75) is 13.5 Å². The van der Waals surface area contributed by atoms with Gasteiger partial charge in [0.2, 0.25) is 5.78 Å². The van der Waals surface area contributed by atoms with E-state index in [0.29, 0.717) is 28.7 Å². The summed E-state index contributed by atoms with van der Waals surface area (Å²) in [5.41, 5.74) is 3.20. The van der Waals surface area contributed by atoms with E-state index >= 15 is 0 Å². The van der Waals surface area contributed by atoms with Gasteiger partial charge in [-0.1, -0.05) is 35.9 Å². The van der Waals surface area contributed by atoms with Gasteiger partial charge in [0.15, 0.2) is 5.76 Å². The van der Waals surface area contributed by atoms with E-state index in [4.69, 9.17) is 25.8 Å². The fourth-order valence-corrected chi connectivity index (χ4v) is 3.24. The minimum Gasteiger partial charge on any atom is -0.497 e. The molecule has 1 aliphatic heterocycles. The largest absolute Gasteiger partial charge is 0.497 e. The number of allylic oxidation sites excluding steroid dienone is 1. The zero-order chi connectivity index (χ0) is 20.4. The molecule has 5 heteroatoms. The summed E-state index contributed by atoms with van der Waals surface area (Å²) in [7, 11) is 1.64. The highest BCUT2D eigenvalue weighted by Crippen LogP contribution is 2.39. The fraction of sp³-hybridized carbons (Fsp3) is 0.125. The Kier molecular flexibility index (Phi) is 5.28. The van der Waals surface area contributed by atoms with Crippen molar-refractivity contribution < 1.29 is 19.0 Å². The van der Waals surface area contributed by atoms with Crippen molar-refractivity contribution in [2.75, 3.05) is 7.11 Å². The molecule has 0 atom stereocenters. The normalized spacial score (nSPS) is 13.9. The second-order valence-electron chi connectivity index (χ2n) is 6.69. The molecule has 0 amide bonds. The molecule has 0 saturated carbocycles. The van der Waals surface area contributed by atoms with Gasteiger partial charge < -0.3 is 14.2 Å². The number of fused-ring (bicyclic) bond motifs is 1. The van der Waals surface area contributed by atoms with Crippen molar-refractivity contribution in [3.8, 4) is 17.2 Å². The van der Waals surface area contributed by atoms with Crippen LogP contribution in [0.1, 0.15) is 27.0 Å². The predicted octanol–water partition coefficient (Wildman–Crippen LogP) is 5.85. The van der Waals surface area contributed by atoms with Gasteiger partial charge in [-0.25, -0.2) is 0 Å². The van der Waals surface area contributed by atoms with Gasteiger partial charge >= 0.3 is 0 Å². The first-order valence-electron chi connectivity index (χ1n) is 9.14. The molecule has 146 valence electrons. The molecule has 29 heavy (non-hydrogen) atoms. The van der Waals surface area contributed by atoms with Gasteiger partial charge in [0.25, 0.3) is 0 Å². The quantitative estimate of drug-likeness (QED) is 0.498. The van der Waals surface area contributed by atoms with Gasteiger partial charge in [0.1, 0.15) is 23.9 Å². The smallest absolute Gasteiger partial charge is 0.231 e. The van der Waals surface area contributed by atoms with Crippen LogP contribution in [0.15, 0.2) is 66.4 Å². The number of halogens is 1. The van der Waals surface area contributed by atoms with Crippen molar-refractivity contribution in [1.29, 1.82) is 0 Å². The molecule has 1 heterocycles. The lowest BCUT2D eigenvalue weighted by molar-refractivity contribution is 0.101. The molecule has 0 radical (unpaired) electrons. The van der Waals surface area contributed by atoms with Crippen molar-refractivity contribution in [3.63, 3.8) is 0 Å². The number of carbonyl (C=O) groups excluding carboxylic acids is 1. The van der Waals surface area contributed by atoms with Gasteiger partial charge in [-0.05, 0) is 60.5 Å². The summed E-state index contributed by atoms with van der Waals surface area (Å²) in [6.07, 6.45) is 1.72. The molecule has 0 aromatic heterocycles. The van der Waals surface area contributed by atoms with E-state index in [0.717, 1.165) is 22.4 Å². The van der Waals surface area contributed by atoms with Crippen LogP contribution in [0.5, 0.6) is 17.2 Å². The molecule has 4 nitrogen and oxygen atoms in total. The van der Waals surface area contributed by atoms with Crippen LogP contribution in [-0.2, 0) is 6.61 Å². The molecule has 0 fully saturated rings. The number of hydrogen-bond donors (Lipinski definition) is 0. The van der Waals surface area contributed by atoms with E-state index in [1.54, 1.807) is 31.4 Å². The maximum atomic E-state index is 12.7. The standard InChI is InChI=1S/C24H19ClO4/c1-15-21(28-14-17-5-9-19(27-2)10-6-17)12-11-20-23(26)22(29-24(15)20)13-16-3-7-18(25)8-4-16/h3-13H,14H2,1-2H3/b22-13-. The molecule has 0 spiro atoms. The van der Waals surface area contributed by atoms with Crippen LogP contribution in [-0.4, -0.2) is 12.9 Å². The van der Waals surface area contributed by atoms with Crippen LogP contribution in [0.25, 0.3) is 6.08 Å². The molecule has 0 bridgehead atoms. The number of Topliss-reactive ketones (excluding diaryl/α,β-unsaturated/α-hetero) is 1. The number of rotatable bonds is 5. The third kappa shape index (κ3) is 3.98. The van der Waals surface area contributed by atoms with Crippen LogP contribution in [0, 0.1) is 6.92 Å². The van der Waals surface area contributed by atoms with Crippen molar-refractivity contribution >= 4 is 23.5 Å². The predicted molar refractivity (Wildman–Crippen MR) is 113 cm³/mol. The molecule has 0 saturated heterocycles. The topological polar surface area (TPSA) is 44.8 Å².